The lowest BCUT2D eigenvalue weighted by atomic mass is 10.2. The molecule has 3 heterocycles. The minimum atomic E-state index is -1.00. The molecule has 196 valence electrons. The number of rotatable bonds is 6. The van der Waals surface area contributed by atoms with E-state index < -0.39 is 11.9 Å². The molecule has 0 unspecified atom stereocenters. The van der Waals surface area contributed by atoms with E-state index in [-0.39, 0.29) is 11.4 Å². The predicted molar refractivity (Wildman–Crippen MR) is 137 cm³/mol. The third kappa shape index (κ3) is 9.27. The first kappa shape index (κ1) is 27.7. The summed E-state index contributed by atoms with van der Waals surface area (Å²) in [4.78, 5) is 40.6. The molecule has 1 aliphatic heterocycles. The van der Waals surface area contributed by atoms with Crippen LogP contribution in [-0.4, -0.2) is 118 Å². The molecule has 2 aromatic heterocycles. The standard InChI is InChI=1S/C26H38N6O4/c1-29-11-5-13-32(20-22-8-4-10-24(28-22)26(35)36)18-16-30(2)12-6-14-31(17-15-29)19-21-7-3-9-23(27-21)25(33)34/h3-4,7-10H,5-6,11-20H2,1-2H3,(H,33,34)(H,35,36). The van der Waals surface area contributed by atoms with Crippen LogP contribution in [-0.2, 0) is 13.1 Å². The maximum Gasteiger partial charge on any atom is 0.354 e. The SMILES string of the molecule is CN1CCCN(Cc2cccc(C(=O)O)n2)CCN(C)CCCN(Cc2cccc(C(=O)O)n2)CC1. The van der Waals surface area contributed by atoms with Gasteiger partial charge in [-0.3, -0.25) is 9.80 Å². The van der Waals surface area contributed by atoms with Crippen LogP contribution in [0.5, 0.6) is 0 Å². The van der Waals surface area contributed by atoms with Gasteiger partial charge in [0.15, 0.2) is 0 Å². The van der Waals surface area contributed by atoms with Gasteiger partial charge in [-0.05, 0) is 77.4 Å². The Kier molecular flexibility index (Phi) is 10.7. The van der Waals surface area contributed by atoms with Crippen molar-refractivity contribution >= 4 is 11.9 Å². The highest BCUT2D eigenvalue weighted by Gasteiger charge is 2.15. The number of carboxylic acids is 2. The van der Waals surface area contributed by atoms with Crippen LogP contribution in [0.15, 0.2) is 36.4 Å². The Balaban J connectivity index is 1.59. The van der Waals surface area contributed by atoms with E-state index in [0.717, 1.165) is 76.6 Å². The normalized spacial score (nSPS) is 18.5. The molecule has 1 fully saturated rings. The minimum absolute atomic E-state index is 0.0842. The van der Waals surface area contributed by atoms with Gasteiger partial charge in [-0.2, -0.15) is 0 Å². The van der Waals surface area contributed by atoms with Crippen LogP contribution in [0, 0.1) is 0 Å². The Hall–Kier alpha value is -2.92. The molecular formula is C26H38N6O4. The molecular weight excluding hydrogens is 460 g/mol. The van der Waals surface area contributed by atoms with E-state index >= 15 is 0 Å². The van der Waals surface area contributed by atoms with Crippen LogP contribution in [0.1, 0.15) is 45.2 Å². The molecule has 0 saturated carbocycles. The highest BCUT2D eigenvalue weighted by molar-refractivity contribution is 5.85. The average Bonchev–Trinajstić information content (AvgIpc) is 2.85. The molecule has 1 aliphatic rings. The second-order valence-electron chi connectivity index (χ2n) is 9.50. The van der Waals surface area contributed by atoms with Crippen LogP contribution in [0.3, 0.4) is 0 Å². The molecule has 0 aliphatic carbocycles. The zero-order chi connectivity index (χ0) is 25.9. The summed E-state index contributed by atoms with van der Waals surface area (Å²) in [5, 5.41) is 18.5. The van der Waals surface area contributed by atoms with Gasteiger partial charge in [-0.1, -0.05) is 12.1 Å². The van der Waals surface area contributed by atoms with E-state index in [2.05, 4.69) is 43.7 Å². The first-order valence-corrected chi connectivity index (χ1v) is 12.5. The Morgan fingerprint density at radius 1 is 0.667 bits per heavy atom. The number of nitrogens with zero attached hydrogens (tertiary/aromatic N) is 6. The minimum Gasteiger partial charge on any atom is -0.477 e. The zero-order valence-corrected chi connectivity index (χ0v) is 21.3. The third-order valence-electron chi connectivity index (χ3n) is 6.45. The second kappa shape index (κ2) is 14.0. The number of hydrogen-bond donors (Lipinski definition) is 2. The fraction of sp³-hybridized carbons (Fsp3) is 0.538. The molecule has 0 radical (unpaired) electrons. The number of pyridine rings is 2. The van der Waals surface area contributed by atoms with Crippen LogP contribution >= 0.6 is 0 Å². The lowest BCUT2D eigenvalue weighted by Crippen LogP contribution is -2.39. The number of hydrogen-bond acceptors (Lipinski definition) is 8. The van der Waals surface area contributed by atoms with Crippen LogP contribution in [0.4, 0.5) is 0 Å². The van der Waals surface area contributed by atoms with Crippen LogP contribution in [0.2, 0.25) is 0 Å². The summed E-state index contributed by atoms with van der Waals surface area (Å²) in [5.41, 5.74) is 1.73. The largest absolute Gasteiger partial charge is 0.477 e. The first-order chi connectivity index (χ1) is 17.3. The van der Waals surface area contributed by atoms with E-state index in [1.807, 2.05) is 12.1 Å². The molecule has 0 amide bonds. The number of aromatic nitrogens is 2. The average molecular weight is 499 g/mol. The Morgan fingerprint density at radius 3 is 1.47 bits per heavy atom. The predicted octanol–water partition coefficient (Wildman–Crippen LogP) is 1.83. The van der Waals surface area contributed by atoms with Crippen molar-refractivity contribution in [3.8, 4) is 0 Å². The van der Waals surface area contributed by atoms with Crippen molar-refractivity contribution in [1.29, 1.82) is 0 Å². The first-order valence-electron chi connectivity index (χ1n) is 12.5. The summed E-state index contributed by atoms with van der Waals surface area (Å²) >= 11 is 0. The smallest absolute Gasteiger partial charge is 0.354 e. The number of aromatic carboxylic acids is 2. The molecule has 0 aromatic carbocycles. The van der Waals surface area contributed by atoms with Gasteiger partial charge >= 0.3 is 11.9 Å². The summed E-state index contributed by atoms with van der Waals surface area (Å²) in [5.74, 6) is -2.00. The van der Waals surface area contributed by atoms with E-state index in [1.54, 1.807) is 12.1 Å². The highest BCUT2D eigenvalue weighted by atomic mass is 16.4. The van der Waals surface area contributed by atoms with Crippen LogP contribution < -0.4 is 0 Å². The molecule has 3 rings (SSSR count). The fourth-order valence-electron chi connectivity index (χ4n) is 4.35. The maximum atomic E-state index is 11.3. The molecule has 0 spiro atoms. The van der Waals surface area contributed by atoms with Gasteiger partial charge in [0.2, 0.25) is 0 Å². The van der Waals surface area contributed by atoms with Crippen molar-refractivity contribution in [2.75, 3.05) is 66.5 Å². The van der Waals surface area contributed by atoms with Crippen molar-refractivity contribution in [2.24, 2.45) is 0 Å². The van der Waals surface area contributed by atoms with E-state index in [1.165, 1.54) is 12.1 Å². The summed E-state index contributed by atoms with van der Waals surface area (Å²) in [6.45, 7) is 8.59. The summed E-state index contributed by atoms with van der Waals surface area (Å²) in [6.07, 6.45) is 2.00. The molecule has 2 aromatic rings. The van der Waals surface area contributed by atoms with E-state index in [4.69, 9.17) is 0 Å². The Morgan fingerprint density at radius 2 is 1.08 bits per heavy atom. The van der Waals surface area contributed by atoms with Gasteiger partial charge in [0, 0.05) is 39.3 Å². The monoisotopic (exact) mass is 498 g/mol. The van der Waals surface area contributed by atoms with Crippen molar-refractivity contribution in [1.82, 2.24) is 29.6 Å². The zero-order valence-electron chi connectivity index (χ0n) is 21.3. The lowest BCUT2D eigenvalue weighted by molar-refractivity contribution is 0.0679. The second-order valence-corrected chi connectivity index (χ2v) is 9.50. The van der Waals surface area contributed by atoms with Gasteiger partial charge in [0.05, 0.1) is 11.4 Å². The fourth-order valence-corrected chi connectivity index (χ4v) is 4.35. The molecule has 10 heteroatoms. The molecule has 10 nitrogen and oxygen atoms in total. The molecule has 36 heavy (non-hydrogen) atoms. The molecule has 2 N–H and O–H groups in total. The number of likely N-dealkylation sites (N-methyl/N-ethyl adjacent to an activating group) is 2. The van der Waals surface area contributed by atoms with Gasteiger partial charge in [-0.15, -0.1) is 0 Å². The topological polar surface area (TPSA) is 113 Å². The third-order valence-corrected chi connectivity index (χ3v) is 6.45. The Labute approximate surface area is 213 Å². The maximum absolute atomic E-state index is 11.3. The Bertz CT molecular complexity index is 924. The quantitative estimate of drug-likeness (QED) is 0.612. The van der Waals surface area contributed by atoms with E-state index in [0.29, 0.717) is 13.1 Å². The van der Waals surface area contributed by atoms with Crippen molar-refractivity contribution in [3.05, 3.63) is 59.2 Å². The summed E-state index contributed by atoms with van der Waals surface area (Å²) in [6, 6.07) is 10.4. The highest BCUT2D eigenvalue weighted by Crippen LogP contribution is 2.09. The van der Waals surface area contributed by atoms with E-state index in [9.17, 15) is 19.8 Å². The summed E-state index contributed by atoms with van der Waals surface area (Å²) < 4.78 is 0. The van der Waals surface area contributed by atoms with Crippen molar-refractivity contribution < 1.29 is 19.8 Å². The number of carboxylic acid groups (broad SMARTS) is 2. The van der Waals surface area contributed by atoms with Crippen molar-refractivity contribution in [2.45, 2.75) is 25.9 Å². The number of carbonyl (C=O) groups is 2. The van der Waals surface area contributed by atoms with Crippen molar-refractivity contribution in [3.63, 3.8) is 0 Å². The molecule has 1 saturated heterocycles. The van der Waals surface area contributed by atoms with Gasteiger partial charge in [0.1, 0.15) is 11.4 Å². The summed E-state index contributed by atoms with van der Waals surface area (Å²) in [7, 11) is 4.26. The van der Waals surface area contributed by atoms with Gasteiger partial charge in [0.25, 0.3) is 0 Å². The molecule has 0 bridgehead atoms. The van der Waals surface area contributed by atoms with Gasteiger partial charge < -0.3 is 20.0 Å². The van der Waals surface area contributed by atoms with Crippen LogP contribution in [0.25, 0.3) is 0 Å². The molecule has 0 atom stereocenters. The van der Waals surface area contributed by atoms with Gasteiger partial charge in [-0.25, -0.2) is 19.6 Å². The lowest BCUT2D eigenvalue weighted by Gasteiger charge is -2.29.